The van der Waals surface area contributed by atoms with Crippen molar-refractivity contribution in [3.63, 3.8) is 0 Å². The van der Waals surface area contributed by atoms with Gasteiger partial charge in [0.05, 0.1) is 16.7 Å². The second-order valence-corrected chi connectivity index (χ2v) is 9.87. The molecule has 0 amide bonds. The molecule has 9 nitrogen and oxygen atoms in total. The second-order valence-electron chi connectivity index (χ2n) is 8.42. The van der Waals surface area contributed by atoms with Gasteiger partial charge in [-0.15, -0.1) is 22.9 Å². The van der Waals surface area contributed by atoms with Crippen LogP contribution in [0.1, 0.15) is 26.9 Å². The van der Waals surface area contributed by atoms with E-state index in [0.717, 1.165) is 4.88 Å². The van der Waals surface area contributed by atoms with E-state index in [-0.39, 0.29) is 12.4 Å². The molecule has 38 heavy (non-hydrogen) atoms. The number of ether oxygens (including phenoxy) is 3. The van der Waals surface area contributed by atoms with Gasteiger partial charge in [0.25, 0.3) is 0 Å². The molecule has 0 bridgehead atoms. The average Bonchev–Trinajstić information content (AvgIpc) is 3.57. The number of rotatable bonds is 7. The van der Waals surface area contributed by atoms with Crippen molar-refractivity contribution in [2.75, 3.05) is 12.3 Å². The van der Waals surface area contributed by atoms with Crippen molar-refractivity contribution in [1.82, 2.24) is 9.55 Å². The fraction of sp³-hybridized carbons (Fsp3) is 0.185. The minimum Gasteiger partial charge on any atom is -0.459 e. The summed E-state index contributed by atoms with van der Waals surface area (Å²) in [4.78, 5) is 43.0. The number of nitrogens with two attached hydrogens (primary N) is 1. The smallest absolute Gasteiger partial charge is 0.351 e. The minimum absolute atomic E-state index is 0.0678. The molecule has 3 heterocycles. The van der Waals surface area contributed by atoms with E-state index < -0.39 is 41.4 Å². The predicted octanol–water partition coefficient (Wildman–Crippen LogP) is 4.14. The molecule has 4 aromatic rings. The van der Waals surface area contributed by atoms with Gasteiger partial charge in [0.2, 0.25) is 0 Å². The number of esters is 2. The number of benzene rings is 2. The van der Waals surface area contributed by atoms with Crippen molar-refractivity contribution >= 4 is 40.7 Å². The number of hydrogen-bond donors (Lipinski definition) is 1. The van der Waals surface area contributed by atoms with Crippen LogP contribution in [0.15, 0.2) is 89.2 Å². The van der Waals surface area contributed by atoms with Gasteiger partial charge < -0.3 is 19.9 Å². The van der Waals surface area contributed by atoms with Gasteiger partial charge in [-0.2, -0.15) is 4.98 Å². The summed E-state index contributed by atoms with van der Waals surface area (Å²) >= 11 is 8.20. The van der Waals surface area contributed by atoms with Crippen molar-refractivity contribution in [2.24, 2.45) is 0 Å². The Morgan fingerprint density at radius 3 is 2.29 bits per heavy atom. The van der Waals surface area contributed by atoms with Gasteiger partial charge in [0.15, 0.2) is 12.3 Å². The topological polar surface area (TPSA) is 123 Å². The Bertz CT molecular complexity index is 1480. The molecule has 1 aliphatic heterocycles. The summed E-state index contributed by atoms with van der Waals surface area (Å²) in [6, 6.07) is 20.5. The number of carbonyl (C=O) groups is 2. The largest absolute Gasteiger partial charge is 0.459 e. The van der Waals surface area contributed by atoms with Crippen LogP contribution in [0.25, 0.3) is 10.4 Å². The van der Waals surface area contributed by atoms with Crippen LogP contribution in [0.4, 0.5) is 5.82 Å². The number of halogens is 1. The molecule has 0 radical (unpaired) electrons. The molecular formula is C27H22ClN3O6S. The molecule has 1 fully saturated rings. The van der Waals surface area contributed by atoms with Crippen molar-refractivity contribution in [2.45, 2.75) is 23.8 Å². The third-order valence-electron chi connectivity index (χ3n) is 5.95. The average molecular weight is 552 g/mol. The van der Waals surface area contributed by atoms with E-state index in [1.165, 1.54) is 22.1 Å². The lowest BCUT2D eigenvalue weighted by atomic mass is 10.1. The summed E-state index contributed by atoms with van der Waals surface area (Å²) in [5.41, 5.74) is 6.52. The fourth-order valence-corrected chi connectivity index (χ4v) is 5.20. The lowest BCUT2D eigenvalue weighted by molar-refractivity contribution is -0.0581. The fourth-order valence-electron chi connectivity index (χ4n) is 4.06. The number of nitrogens with zero attached hydrogens (tertiary/aromatic N) is 2. The molecule has 0 saturated carbocycles. The SMILES string of the molecule is Nc1nc(=O)n([C@@H]2O[C@H](COC(=O)c3ccccc3)[C@@H](OC(=O)c3ccccc3)[C@H]2Cl)cc1-c1cccs1. The van der Waals surface area contributed by atoms with Crippen molar-refractivity contribution in [3.8, 4) is 10.4 Å². The Balaban J connectivity index is 1.43. The highest BCUT2D eigenvalue weighted by atomic mass is 35.5. The van der Waals surface area contributed by atoms with E-state index in [9.17, 15) is 14.4 Å². The quantitative estimate of drug-likeness (QED) is 0.268. The molecule has 5 rings (SSSR count). The molecule has 4 atom stereocenters. The molecule has 2 N–H and O–H groups in total. The first-order valence-electron chi connectivity index (χ1n) is 11.6. The van der Waals surface area contributed by atoms with E-state index in [1.807, 2.05) is 17.5 Å². The van der Waals surface area contributed by atoms with Crippen LogP contribution >= 0.6 is 22.9 Å². The van der Waals surface area contributed by atoms with Crippen LogP contribution in [0, 0.1) is 0 Å². The van der Waals surface area contributed by atoms with Gasteiger partial charge >= 0.3 is 17.6 Å². The number of hydrogen-bond acceptors (Lipinski definition) is 9. The Labute approximate surface area is 226 Å². The van der Waals surface area contributed by atoms with Crippen molar-refractivity contribution in [3.05, 3.63) is 106 Å². The maximum Gasteiger partial charge on any atom is 0.351 e. The van der Waals surface area contributed by atoms with Crippen molar-refractivity contribution in [1.29, 1.82) is 0 Å². The number of carbonyl (C=O) groups excluding carboxylic acids is 2. The van der Waals surface area contributed by atoms with E-state index in [2.05, 4.69) is 4.98 Å². The molecule has 194 valence electrons. The Morgan fingerprint density at radius 2 is 1.66 bits per heavy atom. The van der Waals surface area contributed by atoms with Crippen LogP contribution in [-0.2, 0) is 14.2 Å². The highest BCUT2D eigenvalue weighted by molar-refractivity contribution is 7.13. The maximum absolute atomic E-state index is 12.9. The molecule has 0 unspecified atom stereocenters. The number of anilines is 1. The van der Waals surface area contributed by atoms with Gasteiger partial charge in [-0.3, -0.25) is 4.57 Å². The number of thiophene rings is 1. The van der Waals surface area contributed by atoms with Crippen LogP contribution < -0.4 is 11.4 Å². The summed E-state index contributed by atoms with van der Waals surface area (Å²) in [6.45, 7) is -0.269. The van der Waals surface area contributed by atoms with E-state index in [0.29, 0.717) is 16.7 Å². The standard InChI is InChI=1S/C27H22ClN3O6S/c28-21-22(37-26(33)17-10-5-2-6-11-17)19(15-35-25(32)16-8-3-1-4-9-16)36-24(21)31-14-18(20-12-7-13-38-20)23(29)30-27(31)34/h1-14,19,21-22,24H,15H2,(H2,29,30,34)/t19-,21-,22-,24-/m1/s1. The predicted molar refractivity (Wildman–Crippen MR) is 142 cm³/mol. The zero-order valence-corrected chi connectivity index (χ0v) is 21.4. The molecule has 2 aromatic heterocycles. The maximum atomic E-state index is 12.9. The first-order valence-corrected chi connectivity index (χ1v) is 12.9. The summed E-state index contributed by atoms with van der Waals surface area (Å²) in [5.74, 6) is -1.15. The first kappa shape index (κ1) is 25.7. The summed E-state index contributed by atoms with van der Waals surface area (Å²) in [5, 5.41) is 0.860. The van der Waals surface area contributed by atoms with Gasteiger partial charge in [-0.05, 0) is 35.7 Å². The van der Waals surface area contributed by atoms with Gasteiger partial charge in [-0.1, -0.05) is 42.5 Å². The second kappa shape index (κ2) is 11.2. The molecule has 2 aromatic carbocycles. The van der Waals surface area contributed by atoms with E-state index in [4.69, 9.17) is 31.5 Å². The zero-order chi connectivity index (χ0) is 26.6. The Kier molecular flexibility index (Phi) is 7.54. The normalized spacial score (nSPS) is 20.7. The number of nitrogen functional groups attached to an aromatic ring is 1. The van der Waals surface area contributed by atoms with Crippen LogP contribution in [0.5, 0.6) is 0 Å². The van der Waals surface area contributed by atoms with Gasteiger partial charge in [-0.25, -0.2) is 14.4 Å². The third kappa shape index (κ3) is 5.33. The van der Waals surface area contributed by atoms with Crippen LogP contribution in [-0.4, -0.2) is 45.7 Å². The Morgan fingerprint density at radius 1 is 1.00 bits per heavy atom. The van der Waals surface area contributed by atoms with Crippen LogP contribution in [0.3, 0.4) is 0 Å². The van der Waals surface area contributed by atoms with E-state index >= 15 is 0 Å². The van der Waals surface area contributed by atoms with Gasteiger partial charge in [0, 0.05) is 11.1 Å². The number of alkyl halides is 1. The summed E-state index contributed by atoms with van der Waals surface area (Å²) in [6.07, 6.45) is -1.57. The molecule has 0 aliphatic carbocycles. The van der Waals surface area contributed by atoms with Crippen molar-refractivity contribution < 1.29 is 23.8 Å². The Hall–Kier alpha value is -3.99. The minimum atomic E-state index is -1.08. The van der Waals surface area contributed by atoms with Crippen LogP contribution in [0.2, 0.25) is 0 Å². The molecule has 11 heteroatoms. The molecule has 1 aliphatic rings. The zero-order valence-electron chi connectivity index (χ0n) is 19.8. The molecule has 1 saturated heterocycles. The summed E-state index contributed by atoms with van der Waals surface area (Å²) < 4.78 is 18.5. The number of aromatic nitrogens is 2. The lowest BCUT2D eigenvalue weighted by Gasteiger charge is -2.20. The third-order valence-corrected chi connectivity index (χ3v) is 7.32. The lowest BCUT2D eigenvalue weighted by Crippen LogP contribution is -2.37. The molecule has 0 spiro atoms. The highest BCUT2D eigenvalue weighted by Gasteiger charge is 2.48. The monoisotopic (exact) mass is 551 g/mol. The van der Waals surface area contributed by atoms with E-state index in [1.54, 1.807) is 60.7 Å². The van der Waals surface area contributed by atoms with Gasteiger partial charge in [0.1, 0.15) is 23.9 Å². The highest BCUT2D eigenvalue weighted by Crippen LogP contribution is 2.37. The molecular weight excluding hydrogens is 530 g/mol. The summed E-state index contributed by atoms with van der Waals surface area (Å²) in [7, 11) is 0. The first-order chi connectivity index (χ1) is 18.4.